The van der Waals surface area contributed by atoms with Crippen LogP contribution in [0.1, 0.15) is 24.4 Å². The van der Waals surface area contributed by atoms with Crippen LogP contribution in [0, 0.1) is 5.92 Å². The van der Waals surface area contributed by atoms with E-state index in [-0.39, 0.29) is 11.7 Å². The summed E-state index contributed by atoms with van der Waals surface area (Å²) < 4.78 is 5.24. The molecular weight excluding hydrogens is 270 g/mol. The van der Waals surface area contributed by atoms with Gasteiger partial charge >= 0.3 is 5.97 Å². The summed E-state index contributed by atoms with van der Waals surface area (Å²) in [4.78, 5) is 23.4. The molecule has 0 aliphatic rings. The average molecular weight is 287 g/mol. The van der Waals surface area contributed by atoms with Crippen molar-refractivity contribution in [3.63, 3.8) is 0 Å². The van der Waals surface area contributed by atoms with Crippen LogP contribution in [-0.2, 0) is 4.79 Å². The minimum atomic E-state index is -1.06. The van der Waals surface area contributed by atoms with Crippen LogP contribution in [0.3, 0.4) is 0 Å². The molecule has 0 radical (unpaired) electrons. The van der Waals surface area contributed by atoms with Gasteiger partial charge in [0.2, 0.25) is 0 Å². The summed E-state index contributed by atoms with van der Waals surface area (Å²) in [5, 5.41) is 11.6. The van der Waals surface area contributed by atoms with E-state index >= 15 is 0 Å². The van der Waals surface area contributed by atoms with Gasteiger partial charge in [0.1, 0.15) is 6.04 Å². The molecule has 0 saturated heterocycles. The van der Waals surface area contributed by atoms with Crippen LogP contribution >= 0.6 is 0 Å². The van der Waals surface area contributed by atoms with Gasteiger partial charge in [0.25, 0.3) is 5.91 Å². The minimum absolute atomic E-state index is 0.119. The van der Waals surface area contributed by atoms with Gasteiger partial charge in [-0.05, 0) is 17.5 Å². The van der Waals surface area contributed by atoms with Crippen LogP contribution < -0.4 is 5.32 Å². The molecule has 21 heavy (non-hydrogen) atoms. The number of aliphatic carboxylic acids is 1. The molecule has 5 nitrogen and oxygen atoms in total. The number of hydrogen-bond donors (Lipinski definition) is 2. The highest BCUT2D eigenvalue weighted by atomic mass is 16.4. The standard InChI is InChI=1S/C16H17NO4/c1-10(2)13(16(19)20)17-15(18)14-12(8-9-21-14)11-6-4-3-5-7-11/h3-10,13H,1-2H3,(H,17,18)(H,19,20)/t13-/m0/s1. The highest BCUT2D eigenvalue weighted by Gasteiger charge is 2.26. The molecule has 0 aliphatic heterocycles. The van der Waals surface area contributed by atoms with E-state index in [9.17, 15) is 9.59 Å². The summed E-state index contributed by atoms with van der Waals surface area (Å²) in [6, 6.07) is 10.1. The molecular formula is C16H17NO4. The van der Waals surface area contributed by atoms with E-state index in [2.05, 4.69) is 5.32 Å². The van der Waals surface area contributed by atoms with Gasteiger partial charge < -0.3 is 14.8 Å². The van der Waals surface area contributed by atoms with Crippen LogP contribution in [0.15, 0.2) is 47.1 Å². The Bertz CT molecular complexity index is 631. The maximum Gasteiger partial charge on any atom is 0.326 e. The molecule has 110 valence electrons. The molecule has 0 unspecified atom stereocenters. The van der Waals surface area contributed by atoms with Gasteiger partial charge in [-0.25, -0.2) is 4.79 Å². The van der Waals surface area contributed by atoms with Crippen LogP contribution in [0.4, 0.5) is 0 Å². The van der Waals surface area contributed by atoms with Crippen molar-refractivity contribution in [1.82, 2.24) is 5.32 Å². The predicted molar refractivity (Wildman–Crippen MR) is 77.9 cm³/mol. The third-order valence-corrected chi connectivity index (χ3v) is 3.18. The van der Waals surface area contributed by atoms with Crippen molar-refractivity contribution >= 4 is 11.9 Å². The summed E-state index contributed by atoms with van der Waals surface area (Å²) in [6.07, 6.45) is 1.42. The predicted octanol–water partition coefficient (Wildman–Crippen LogP) is 2.79. The number of carboxylic acids is 1. The second kappa shape index (κ2) is 6.26. The van der Waals surface area contributed by atoms with E-state index < -0.39 is 17.9 Å². The molecule has 2 rings (SSSR count). The first-order chi connectivity index (χ1) is 10.0. The Balaban J connectivity index is 2.25. The van der Waals surface area contributed by atoms with Crippen LogP contribution in [0.5, 0.6) is 0 Å². The summed E-state index contributed by atoms with van der Waals surface area (Å²) in [5.41, 5.74) is 1.48. The van der Waals surface area contributed by atoms with Gasteiger partial charge in [0, 0.05) is 5.56 Å². The van der Waals surface area contributed by atoms with Crippen molar-refractivity contribution in [3.8, 4) is 11.1 Å². The molecule has 0 fully saturated rings. The molecule has 5 heteroatoms. The quantitative estimate of drug-likeness (QED) is 0.886. The molecule has 0 spiro atoms. The fourth-order valence-corrected chi connectivity index (χ4v) is 2.05. The van der Waals surface area contributed by atoms with Gasteiger partial charge in [0.15, 0.2) is 5.76 Å². The Hall–Kier alpha value is -2.56. The Morgan fingerprint density at radius 1 is 1.14 bits per heavy atom. The highest BCUT2D eigenvalue weighted by Crippen LogP contribution is 2.24. The van der Waals surface area contributed by atoms with Crippen molar-refractivity contribution in [2.75, 3.05) is 0 Å². The maximum absolute atomic E-state index is 12.3. The lowest BCUT2D eigenvalue weighted by Crippen LogP contribution is -2.44. The molecule has 0 aliphatic carbocycles. The second-order valence-corrected chi connectivity index (χ2v) is 5.06. The summed E-state index contributed by atoms with van der Waals surface area (Å²) in [7, 11) is 0. The van der Waals surface area contributed by atoms with E-state index in [1.807, 2.05) is 30.3 Å². The van der Waals surface area contributed by atoms with E-state index in [1.54, 1.807) is 19.9 Å². The molecule has 1 aromatic carbocycles. The van der Waals surface area contributed by atoms with Crippen LogP contribution in [0.25, 0.3) is 11.1 Å². The number of benzene rings is 1. The van der Waals surface area contributed by atoms with Gasteiger partial charge in [-0.2, -0.15) is 0 Å². The SMILES string of the molecule is CC(C)[C@H](NC(=O)c1occc1-c1ccccc1)C(=O)O. The number of carbonyl (C=O) groups is 2. The zero-order valence-electron chi connectivity index (χ0n) is 11.9. The summed E-state index contributed by atoms with van der Waals surface area (Å²) in [6.45, 7) is 3.47. The summed E-state index contributed by atoms with van der Waals surface area (Å²) >= 11 is 0. The van der Waals surface area contributed by atoms with E-state index in [0.717, 1.165) is 5.56 Å². The van der Waals surface area contributed by atoms with Gasteiger partial charge in [0.05, 0.1) is 6.26 Å². The lowest BCUT2D eigenvalue weighted by atomic mass is 10.0. The van der Waals surface area contributed by atoms with Gasteiger partial charge in [-0.15, -0.1) is 0 Å². The van der Waals surface area contributed by atoms with E-state index in [4.69, 9.17) is 9.52 Å². The first-order valence-electron chi connectivity index (χ1n) is 6.67. The lowest BCUT2D eigenvalue weighted by molar-refractivity contribution is -0.140. The number of hydrogen-bond acceptors (Lipinski definition) is 3. The zero-order chi connectivity index (χ0) is 15.4. The third kappa shape index (κ3) is 3.31. The Morgan fingerprint density at radius 2 is 1.81 bits per heavy atom. The molecule has 2 N–H and O–H groups in total. The number of carbonyl (C=O) groups excluding carboxylic acids is 1. The first kappa shape index (κ1) is 14.8. The monoisotopic (exact) mass is 287 g/mol. The largest absolute Gasteiger partial charge is 0.480 e. The number of carboxylic acid groups (broad SMARTS) is 1. The fraction of sp³-hybridized carbons (Fsp3) is 0.250. The first-order valence-corrected chi connectivity index (χ1v) is 6.67. The minimum Gasteiger partial charge on any atom is -0.480 e. The zero-order valence-corrected chi connectivity index (χ0v) is 11.9. The van der Waals surface area contributed by atoms with E-state index in [1.165, 1.54) is 6.26 Å². The van der Waals surface area contributed by atoms with E-state index in [0.29, 0.717) is 5.56 Å². The van der Waals surface area contributed by atoms with Crippen LogP contribution in [0.2, 0.25) is 0 Å². The maximum atomic E-state index is 12.3. The molecule has 1 atom stereocenters. The fourth-order valence-electron chi connectivity index (χ4n) is 2.05. The van der Waals surface area contributed by atoms with Gasteiger partial charge in [-0.3, -0.25) is 4.79 Å². The topological polar surface area (TPSA) is 79.5 Å². The molecule has 1 aromatic heterocycles. The molecule has 1 amide bonds. The Labute approximate surface area is 122 Å². The van der Waals surface area contributed by atoms with Crippen molar-refractivity contribution in [2.24, 2.45) is 5.92 Å². The molecule has 1 heterocycles. The number of furan rings is 1. The molecule has 2 aromatic rings. The van der Waals surface area contributed by atoms with Crippen molar-refractivity contribution in [1.29, 1.82) is 0 Å². The lowest BCUT2D eigenvalue weighted by Gasteiger charge is -2.17. The average Bonchev–Trinajstić information content (AvgIpc) is 2.94. The second-order valence-electron chi connectivity index (χ2n) is 5.06. The number of amides is 1. The third-order valence-electron chi connectivity index (χ3n) is 3.18. The smallest absolute Gasteiger partial charge is 0.326 e. The Morgan fingerprint density at radius 3 is 2.38 bits per heavy atom. The van der Waals surface area contributed by atoms with Crippen molar-refractivity contribution < 1.29 is 19.1 Å². The highest BCUT2D eigenvalue weighted by molar-refractivity contribution is 5.99. The Kier molecular flexibility index (Phi) is 4.42. The van der Waals surface area contributed by atoms with Gasteiger partial charge in [-0.1, -0.05) is 44.2 Å². The summed E-state index contributed by atoms with van der Waals surface area (Å²) in [5.74, 6) is -1.69. The van der Waals surface area contributed by atoms with Crippen molar-refractivity contribution in [3.05, 3.63) is 48.4 Å². The van der Waals surface area contributed by atoms with Crippen molar-refractivity contribution in [2.45, 2.75) is 19.9 Å². The molecule has 0 saturated carbocycles. The number of nitrogens with one attached hydrogen (secondary N) is 1. The molecule has 0 bridgehead atoms. The normalized spacial score (nSPS) is 12.1. The van der Waals surface area contributed by atoms with Crippen LogP contribution in [-0.4, -0.2) is 23.0 Å². The number of rotatable bonds is 5.